The van der Waals surface area contributed by atoms with E-state index in [1.807, 2.05) is 13.8 Å². The minimum atomic E-state index is -0.912. The second kappa shape index (κ2) is 3.63. The van der Waals surface area contributed by atoms with Crippen molar-refractivity contribution in [3.8, 4) is 0 Å². The van der Waals surface area contributed by atoms with Gasteiger partial charge in [0.1, 0.15) is 0 Å². The first-order valence-electron chi connectivity index (χ1n) is 3.22. The SMILES string of the molecule is CC(C)N=NC(C)(C)OO. The van der Waals surface area contributed by atoms with E-state index < -0.39 is 5.72 Å². The molecule has 0 amide bonds. The van der Waals surface area contributed by atoms with Crippen molar-refractivity contribution in [3.63, 3.8) is 0 Å². The zero-order valence-corrected chi connectivity index (χ0v) is 6.83. The molecular weight excluding hydrogens is 132 g/mol. The fraction of sp³-hybridized carbons (Fsp3) is 1.00. The van der Waals surface area contributed by atoms with Gasteiger partial charge in [0.05, 0.1) is 6.04 Å². The standard InChI is InChI=1S/C6H14N2O2/c1-5(2)7-8-6(3,4)10-9/h5,9H,1-4H3. The molecule has 0 atom stereocenters. The zero-order valence-electron chi connectivity index (χ0n) is 6.83. The molecule has 0 spiro atoms. The topological polar surface area (TPSA) is 54.2 Å². The van der Waals surface area contributed by atoms with Crippen LogP contribution in [0.15, 0.2) is 10.2 Å². The van der Waals surface area contributed by atoms with Crippen LogP contribution in [0.5, 0.6) is 0 Å². The number of nitrogens with zero attached hydrogens (tertiary/aromatic N) is 2. The van der Waals surface area contributed by atoms with Crippen molar-refractivity contribution in [1.29, 1.82) is 0 Å². The van der Waals surface area contributed by atoms with Gasteiger partial charge in [-0.1, -0.05) is 0 Å². The van der Waals surface area contributed by atoms with Crippen molar-refractivity contribution >= 4 is 0 Å². The number of hydrogen-bond acceptors (Lipinski definition) is 4. The maximum absolute atomic E-state index is 8.25. The van der Waals surface area contributed by atoms with E-state index in [0.717, 1.165) is 0 Å². The molecule has 0 aliphatic heterocycles. The van der Waals surface area contributed by atoms with Crippen LogP contribution >= 0.6 is 0 Å². The van der Waals surface area contributed by atoms with Crippen LogP contribution in [0.2, 0.25) is 0 Å². The van der Waals surface area contributed by atoms with E-state index in [1.54, 1.807) is 13.8 Å². The van der Waals surface area contributed by atoms with E-state index >= 15 is 0 Å². The van der Waals surface area contributed by atoms with Gasteiger partial charge in [0.25, 0.3) is 0 Å². The van der Waals surface area contributed by atoms with Crippen molar-refractivity contribution in [2.45, 2.75) is 39.5 Å². The van der Waals surface area contributed by atoms with Crippen LogP contribution < -0.4 is 0 Å². The van der Waals surface area contributed by atoms with Gasteiger partial charge >= 0.3 is 0 Å². The maximum Gasteiger partial charge on any atom is 0.206 e. The van der Waals surface area contributed by atoms with Crippen molar-refractivity contribution in [1.82, 2.24) is 0 Å². The molecule has 1 N–H and O–H groups in total. The highest BCUT2D eigenvalue weighted by molar-refractivity contribution is 4.59. The molecule has 0 bridgehead atoms. The Morgan fingerprint density at radius 3 is 2.20 bits per heavy atom. The second-order valence-electron chi connectivity index (χ2n) is 2.85. The van der Waals surface area contributed by atoms with Crippen LogP contribution in [-0.4, -0.2) is 17.0 Å². The Hall–Kier alpha value is -0.480. The Labute approximate surface area is 60.8 Å². The largest absolute Gasteiger partial charge is 0.249 e. The van der Waals surface area contributed by atoms with Gasteiger partial charge in [0, 0.05) is 0 Å². The fourth-order valence-corrected chi connectivity index (χ4v) is 0.273. The summed E-state index contributed by atoms with van der Waals surface area (Å²) in [6.45, 7) is 7.05. The van der Waals surface area contributed by atoms with Gasteiger partial charge in [0.15, 0.2) is 0 Å². The van der Waals surface area contributed by atoms with E-state index in [9.17, 15) is 0 Å². The van der Waals surface area contributed by atoms with E-state index in [1.165, 1.54) is 0 Å². The Kier molecular flexibility index (Phi) is 3.46. The molecule has 0 aromatic rings. The lowest BCUT2D eigenvalue weighted by molar-refractivity contribution is -0.311. The third-order valence-electron chi connectivity index (χ3n) is 0.753. The third-order valence-corrected chi connectivity index (χ3v) is 0.753. The monoisotopic (exact) mass is 146 g/mol. The fourth-order valence-electron chi connectivity index (χ4n) is 0.273. The Bertz CT molecular complexity index is 121. The average molecular weight is 146 g/mol. The lowest BCUT2D eigenvalue weighted by Crippen LogP contribution is -2.18. The molecule has 0 saturated heterocycles. The quantitative estimate of drug-likeness (QED) is 0.376. The first kappa shape index (κ1) is 9.52. The molecule has 10 heavy (non-hydrogen) atoms. The smallest absolute Gasteiger partial charge is 0.206 e. The normalized spacial score (nSPS) is 13.4. The summed E-state index contributed by atoms with van der Waals surface area (Å²) >= 11 is 0. The molecule has 0 unspecified atom stereocenters. The predicted molar refractivity (Wildman–Crippen MR) is 37.8 cm³/mol. The average Bonchev–Trinajstić information content (AvgIpc) is 1.85. The molecule has 0 radical (unpaired) electrons. The van der Waals surface area contributed by atoms with Crippen LogP contribution in [0, 0.1) is 0 Å². The maximum atomic E-state index is 8.25. The zero-order chi connectivity index (χ0) is 8.20. The molecular formula is C6H14N2O2. The highest BCUT2D eigenvalue weighted by Gasteiger charge is 2.16. The third kappa shape index (κ3) is 4.40. The highest BCUT2D eigenvalue weighted by Crippen LogP contribution is 2.09. The van der Waals surface area contributed by atoms with Crippen molar-refractivity contribution < 1.29 is 10.1 Å². The molecule has 60 valence electrons. The summed E-state index contributed by atoms with van der Waals surface area (Å²) in [4.78, 5) is 4.03. The molecule has 0 aliphatic rings. The summed E-state index contributed by atoms with van der Waals surface area (Å²) < 4.78 is 0. The minimum Gasteiger partial charge on any atom is -0.249 e. The number of azo groups is 1. The summed E-state index contributed by atoms with van der Waals surface area (Å²) in [5, 5.41) is 15.8. The predicted octanol–water partition coefficient (Wildman–Crippen LogP) is 2.07. The highest BCUT2D eigenvalue weighted by atomic mass is 17.1. The van der Waals surface area contributed by atoms with Crippen molar-refractivity contribution in [2.75, 3.05) is 0 Å². The van der Waals surface area contributed by atoms with Crippen LogP contribution in [0.3, 0.4) is 0 Å². The summed E-state index contributed by atoms with van der Waals surface area (Å²) in [5.41, 5.74) is -0.912. The molecule has 0 heterocycles. The molecule has 0 rings (SSSR count). The second-order valence-corrected chi connectivity index (χ2v) is 2.85. The van der Waals surface area contributed by atoms with E-state index in [4.69, 9.17) is 5.26 Å². The Morgan fingerprint density at radius 2 is 1.90 bits per heavy atom. The van der Waals surface area contributed by atoms with Gasteiger partial charge in [-0.3, -0.25) is 0 Å². The lowest BCUT2D eigenvalue weighted by atomic mass is 10.3. The Morgan fingerprint density at radius 1 is 1.40 bits per heavy atom. The van der Waals surface area contributed by atoms with Gasteiger partial charge in [-0.25, -0.2) is 10.1 Å². The molecule has 0 aromatic heterocycles. The summed E-state index contributed by atoms with van der Waals surface area (Å²) in [5.74, 6) is 0. The van der Waals surface area contributed by atoms with Gasteiger partial charge in [-0.15, -0.1) is 0 Å². The van der Waals surface area contributed by atoms with Gasteiger partial charge in [0.2, 0.25) is 5.72 Å². The minimum absolute atomic E-state index is 0.134. The molecule has 4 heteroatoms. The lowest BCUT2D eigenvalue weighted by Gasteiger charge is -2.12. The van der Waals surface area contributed by atoms with Crippen LogP contribution in [-0.2, 0) is 4.89 Å². The van der Waals surface area contributed by atoms with E-state index in [2.05, 4.69) is 15.1 Å². The molecule has 0 fully saturated rings. The van der Waals surface area contributed by atoms with Crippen LogP contribution in [0.25, 0.3) is 0 Å². The molecule has 0 aliphatic carbocycles. The Balaban J connectivity index is 3.86. The first-order chi connectivity index (χ1) is 4.48. The first-order valence-corrected chi connectivity index (χ1v) is 3.22. The van der Waals surface area contributed by atoms with Crippen LogP contribution in [0.4, 0.5) is 0 Å². The van der Waals surface area contributed by atoms with E-state index in [-0.39, 0.29) is 6.04 Å². The van der Waals surface area contributed by atoms with Gasteiger partial charge < -0.3 is 0 Å². The van der Waals surface area contributed by atoms with Crippen molar-refractivity contribution in [2.24, 2.45) is 10.2 Å². The van der Waals surface area contributed by atoms with Gasteiger partial charge in [-0.05, 0) is 27.7 Å². The molecule has 0 saturated carbocycles. The molecule has 4 nitrogen and oxygen atoms in total. The van der Waals surface area contributed by atoms with E-state index in [0.29, 0.717) is 0 Å². The van der Waals surface area contributed by atoms with Gasteiger partial charge in [-0.2, -0.15) is 10.2 Å². The van der Waals surface area contributed by atoms with Crippen molar-refractivity contribution in [3.05, 3.63) is 0 Å². The summed E-state index contributed by atoms with van der Waals surface area (Å²) in [6, 6.07) is 0.134. The molecule has 0 aromatic carbocycles. The number of hydrogen-bond donors (Lipinski definition) is 1. The summed E-state index contributed by atoms with van der Waals surface area (Å²) in [6.07, 6.45) is 0. The van der Waals surface area contributed by atoms with Crippen LogP contribution in [0.1, 0.15) is 27.7 Å². The number of rotatable bonds is 3. The summed E-state index contributed by atoms with van der Waals surface area (Å²) in [7, 11) is 0.